The zero-order chi connectivity index (χ0) is 46.7. The first-order valence-electron chi connectivity index (χ1n) is 21.7. The number of amides is 1. The van der Waals surface area contributed by atoms with Crippen molar-refractivity contribution in [2.45, 2.75) is 54.1 Å². The van der Waals surface area contributed by atoms with Crippen LogP contribution in [0.1, 0.15) is 46.3 Å². The summed E-state index contributed by atoms with van der Waals surface area (Å²) in [5.74, 6) is 0.146. The Morgan fingerprint density at radius 3 is 2.01 bits per heavy atom. The van der Waals surface area contributed by atoms with Crippen LogP contribution in [-0.4, -0.2) is 71.1 Å². The maximum atomic E-state index is 14.9. The van der Waals surface area contributed by atoms with E-state index in [4.69, 9.17) is 15.8 Å². The van der Waals surface area contributed by atoms with E-state index in [-0.39, 0.29) is 36.4 Å². The fraction of sp³-hybridized carbons (Fsp3) is 0.180. The highest BCUT2D eigenvalue weighted by atomic mass is 16.5. The van der Waals surface area contributed by atoms with Crippen molar-refractivity contribution in [1.82, 2.24) is 53.5 Å². The number of aryl methyl sites for hydroxylation is 4. The minimum absolute atomic E-state index is 0.0198. The third-order valence-corrected chi connectivity index (χ3v) is 12.3. The highest BCUT2D eigenvalue weighted by Crippen LogP contribution is 2.30. The molecule has 0 saturated heterocycles. The van der Waals surface area contributed by atoms with E-state index >= 15 is 0 Å². The molecule has 334 valence electrons. The third-order valence-electron chi connectivity index (χ3n) is 12.3. The van der Waals surface area contributed by atoms with Gasteiger partial charge in [0.15, 0.2) is 22.6 Å². The Labute approximate surface area is 382 Å². The van der Waals surface area contributed by atoms with E-state index in [0.29, 0.717) is 73.2 Å². The molecule has 10 aromatic rings. The van der Waals surface area contributed by atoms with Crippen molar-refractivity contribution in [3.8, 4) is 11.4 Å². The van der Waals surface area contributed by atoms with Gasteiger partial charge in [-0.2, -0.15) is 5.10 Å². The lowest BCUT2D eigenvalue weighted by Crippen LogP contribution is -2.27. The number of nitrogen functional groups attached to an aromatic ring is 1. The predicted octanol–water partition coefficient (Wildman–Crippen LogP) is 7.01. The summed E-state index contributed by atoms with van der Waals surface area (Å²) in [7, 11) is 0. The van der Waals surface area contributed by atoms with Crippen molar-refractivity contribution in [2.24, 2.45) is 0 Å². The van der Waals surface area contributed by atoms with E-state index in [1.165, 1.54) is 19.6 Å². The number of hydrogen-bond donors (Lipinski definition) is 3. The Hall–Kier alpha value is -8.57. The molecule has 0 atom stereocenters. The fourth-order valence-electron chi connectivity index (χ4n) is 8.99. The SMILES string of the molecule is CC(=O)N(O)CCc1nn(Cc2cc3cccc(C)c3c(=O)n2-c2cc(Nc3ncnc4c3ncn4Cc3cc4cccc(C)c4c(=O)n3-c3ccccc3C)ccc2C)c2ncnc(N)c12. The number of nitrogens with one attached hydrogen (secondary N) is 1. The van der Waals surface area contributed by atoms with Crippen LogP contribution in [-0.2, 0) is 24.3 Å². The third kappa shape index (κ3) is 7.50. The number of anilines is 3. The number of nitrogens with zero attached hydrogens (tertiary/aromatic N) is 11. The van der Waals surface area contributed by atoms with Gasteiger partial charge >= 0.3 is 0 Å². The molecule has 0 aliphatic heterocycles. The number of aromatic nitrogens is 10. The minimum Gasteiger partial charge on any atom is -0.383 e. The molecule has 6 aromatic heterocycles. The lowest BCUT2D eigenvalue weighted by molar-refractivity contribution is -0.162. The normalized spacial score (nSPS) is 11.6. The van der Waals surface area contributed by atoms with E-state index in [2.05, 4.69) is 31.3 Å². The van der Waals surface area contributed by atoms with E-state index < -0.39 is 5.91 Å². The number of carbonyl (C=O) groups is 1. The predicted molar refractivity (Wildman–Crippen MR) is 257 cm³/mol. The Bertz CT molecular complexity index is 3760. The second kappa shape index (κ2) is 16.8. The summed E-state index contributed by atoms with van der Waals surface area (Å²) in [6.45, 7) is 9.46. The number of hydrogen-bond acceptors (Lipinski definition) is 12. The summed E-state index contributed by atoms with van der Waals surface area (Å²) >= 11 is 0. The summed E-state index contributed by atoms with van der Waals surface area (Å²) in [5.41, 5.74) is 15.0. The van der Waals surface area contributed by atoms with Crippen LogP contribution < -0.4 is 22.2 Å². The molecule has 0 unspecified atom stereocenters. The summed E-state index contributed by atoms with van der Waals surface area (Å²) in [5, 5.41) is 22.4. The molecule has 17 nitrogen and oxygen atoms in total. The highest BCUT2D eigenvalue weighted by molar-refractivity contribution is 5.90. The van der Waals surface area contributed by atoms with Gasteiger partial charge in [0, 0.05) is 30.4 Å². The zero-order valence-electron chi connectivity index (χ0n) is 37.4. The van der Waals surface area contributed by atoms with Crippen LogP contribution in [0.5, 0.6) is 0 Å². The molecule has 4 N–H and O–H groups in total. The average Bonchev–Trinajstić information content (AvgIpc) is 3.88. The van der Waals surface area contributed by atoms with Crippen LogP contribution in [0.3, 0.4) is 0 Å². The van der Waals surface area contributed by atoms with Crippen LogP contribution in [0, 0.1) is 27.7 Å². The first kappa shape index (κ1) is 42.4. The largest absolute Gasteiger partial charge is 0.383 e. The van der Waals surface area contributed by atoms with E-state index in [9.17, 15) is 19.6 Å². The van der Waals surface area contributed by atoms with Crippen molar-refractivity contribution < 1.29 is 10.0 Å². The molecule has 17 heteroatoms. The molecule has 0 fully saturated rings. The number of fused-ring (bicyclic) bond motifs is 4. The molecular weight excluding hydrogens is 847 g/mol. The second-order valence-corrected chi connectivity index (χ2v) is 16.8. The average molecular weight is 892 g/mol. The standard InChI is InChI=1S/C50H45N13O4/c1-28-10-6-7-15-39(28)62-36(20-33-13-8-11-30(3)41(33)49(62)65)23-59-27-56-44-46(53-26-55-48(44)59)57-35-17-16-29(2)40(22-35)63-37(21-34-14-9-12-31(4)42(34)50(63)66)24-60-47-43(45(51)52-25-54-47)38(58-60)18-19-61(67)32(5)64/h6-17,20-22,25-27,67H,18-19,23-24H2,1-5H3,(H2,51,52,54)(H,53,55,57). The quantitative estimate of drug-likeness (QED) is 0.0885. The second-order valence-electron chi connectivity index (χ2n) is 16.8. The number of rotatable bonds is 11. The lowest BCUT2D eigenvalue weighted by Gasteiger charge is -2.19. The topological polar surface area (TPSA) is 210 Å². The van der Waals surface area contributed by atoms with Gasteiger partial charge in [-0.3, -0.25) is 28.7 Å². The maximum Gasteiger partial charge on any atom is 0.263 e. The van der Waals surface area contributed by atoms with Crippen LogP contribution in [0.25, 0.3) is 55.1 Å². The number of imidazole rings is 1. The van der Waals surface area contributed by atoms with Crippen molar-refractivity contribution in [3.05, 3.63) is 170 Å². The molecule has 67 heavy (non-hydrogen) atoms. The summed E-state index contributed by atoms with van der Waals surface area (Å²) < 4.78 is 7.05. The fourth-order valence-corrected chi connectivity index (χ4v) is 8.99. The van der Waals surface area contributed by atoms with Crippen molar-refractivity contribution in [1.29, 1.82) is 0 Å². The van der Waals surface area contributed by atoms with Gasteiger partial charge in [0.1, 0.15) is 18.5 Å². The summed E-state index contributed by atoms with van der Waals surface area (Å²) in [6.07, 6.45) is 4.71. The van der Waals surface area contributed by atoms with Crippen molar-refractivity contribution in [2.75, 3.05) is 17.6 Å². The Morgan fingerprint density at radius 1 is 0.687 bits per heavy atom. The van der Waals surface area contributed by atoms with Gasteiger partial charge in [-0.05, 0) is 91.1 Å². The molecule has 0 radical (unpaired) electrons. The molecule has 4 aromatic carbocycles. The van der Waals surface area contributed by atoms with Crippen LogP contribution in [0.4, 0.5) is 17.3 Å². The number of para-hydroxylation sites is 1. The Balaban J connectivity index is 1.04. The molecule has 1 amide bonds. The zero-order valence-corrected chi connectivity index (χ0v) is 37.4. The number of hydroxylamine groups is 2. The molecule has 0 spiro atoms. The Kier molecular flexibility index (Phi) is 10.6. The summed E-state index contributed by atoms with van der Waals surface area (Å²) in [4.78, 5) is 63.8. The molecule has 6 heterocycles. The first-order valence-corrected chi connectivity index (χ1v) is 21.7. The monoisotopic (exact) mass is 891 g/mol. The van der Waals surface area contributed by atoms with Crippen LogP contribution in [0.2, 0.25) is 0 Å². The highest BCUT2D eigenvalue weighted by Gasteiger charge is 2.22. The van der Waals surface area contributed by atoms with Gasteiger partial charge in [0.05, 0.1) is 59.2 Å². The van der Waals surface area contributed by atoms with Gasteiger partial charge in [0.25, 0.3) is 11.1 Å². The molecule has 0 bridgehead atoms. The molecule has 0 aliphatic rings. The van der Waals surface area contributed by atoms with Crippen LogP contribution in [0.15, 0.2) is 120 Å². The number of pyridine rings is 2. The van der Waals surface area contributed by atoms with Gasteiger partial charge in [-0.15, -0.1) is 0 Å². The van der Waals surface area contributed by atoms with Crippen molar-refractivity contribution >= 4 is 67.0 Å². The molecule has 0 aliphatic carbocycles. The smallest absolute Gasteiger partial charge is 0.263 e. The van der Waals surface area contributed by atoms with Crippen molar-refractivity contribution in [3.63, 3.8) is 0 Å². The number of benzene rings is 4. The van der Waals surface area contributed by atoms with E-state index in [0.717, 1.165) is 44.4 Å². The first-order chi connectivity index (χ1) is 32.4. The number of carbonyl (C=O) groups excluding carboxylic acids is 1. The van der Waals surface area contributed by atoms with Gasteiger partial charge < -0.3 is 15.6 Å². The molecule has 10 rings (SSSR count). The van der Waals surface area contributed by atoms with E-state index in [1.54, 1.807) is 20.1 Å². The van der Waals surface area contributed by atoms with E-state index in [1.807, 2.05) is 117 Å². The number of nitrogens with two attached hydrogens (primary N) is 1. The Morgan fingerprint density at radius 2 is 1.31 bits per heavy atom. The minimum atomic E-state index is -0.506. The maximum absolute atomic E-state index is 14.9. The lowest BCUT2D eigenvalue weighted by atomic mass is 10.0. The van der Waals surface area contributed by atoms with Gasteiger partial charge in [-0.25, -0.2) is 34.7 Å². The van der Waals surface area contributed by atoms with Gasteiger partial charge in [-0.1, -0.05) is 60.7 Å². The molecular formula is C50H45N13O4. The van der Waals surface area contributed by atoms with Gasteiger partial charge in [0.2, 0.25) is 5.91 Å². The van der Waals surface area contributed by atoms with Crippen LogP contribution >= 0.6 is 0 Å². The summed E-state index contributed by atoms with van der Waals surface area (Å²) in [6, 6.07) is 29.2. The molecule has 0 saturated carbocycles.